The van der Waals surface area contributed by atoms with Crippen LogP contribution in [0.15, 0.2) is 97.1 Å². The smallest absolute Gasteiger partial charge is 0.264 e. The number of rotatable bonds is 12. The number of benzene rings is 4. The summed E-state index contributed by atoms with van der Waals surface area (Å²) in [7, 11) is -2.00. The molecule has 1 fully saturated rings. The van der Waals surface area contributed by atoms with Crippen LogP contribution in [0.2, 0.25) is 18.6 Å². The minimum atomic E-state index is -3.54. The van der Waals surface area contributed by atoms with Gasteiger partial charge in [-0.15, -0.1) is 0 Å². The molecular formula is C40H45FN4O6Si. The lowest BCUT2D eigenvalue weighted by atomic mass is 9.82. The largest absolute Gasteiger partial charge is 0.497 e. The summed E-state index contributed by atoms with van der Waals surface area (Å²) >= 11 is 0. The zero-order chi connectivity index (χ0) is 37.2. The number of aliphatic hydroxyl groups excluding tert-OH is 1. The van der Waals surface area contributed by atoms with E-state index in [0.717, 1.165) is 11.1 Å². The first-order chi connectivity index (χ1) is 24.8. The fourth-order valence-electron chi connectivity index (χ4n) is 7.74. The topological polar surface area (TPSA) is 134 Å². The van der Waals surface area contributed by atoms with E-state index in [-0.39, 0.29) is 50.4 Å². The molecule has 0 radical (unpaired) electrons. The summed E-state index contributed by atoms with van der Waals surface area (Å²) in [6.07, 6.45) is -1.02. The Kier molecular flexibility index (Phi) is 10.5. The lowest BCUT2D eigenvalue weighted by Crippen LogP contribution is -2.45. The molecule has 0 bridgehead atoms. The number of nitrogen functional groups attached to an aromatic ring is 1. The van der Waals surface area contributed by atoms with Crippen molar-refractivity contribution in [2.45, 2.75) is 56.8 Å². The van der Waals surface area contributed by atoms with Crippen molar-refractivity contribution < 1.29 is 33.1 Å². The second-order valence-corrected chi connectivity index (χ2v) is 17.8. The summed E-state index contributed by atoms with van der Waals surface area (Å²) < 4.78 is 28.8. The predicted molar refractivity (Wildman–Crippen MR) is 201 cm³/mol. The van der Waals surface area contributed by atoms with Crippen LogP contribution in [0.1, 0.15) is 40.4 Å². The summed E-state index contributed by atoms with van der Waals surface area (Å²) in [6.45, 7) is 5.40. The quantitative estimate of drug-likeness (QED) is 0.0892. The van der Waals surface area contributed by atoms with Gasteiger partial charge in [0.2, 0.25) is 14.3 Å². The number of ether oxygens (including phenoxy) is 2. The predicted octanol–water partition coefficient (Wildman–Crippen LogP) is 6.26. The normalized spacial score (nSPS) is 20.9. The molecule has 0 aliphatic carbocycles. The first-order valence-electron chi connectivity index (χ1n) is 17.4. The molecule has 0 saturated carbocycles. The highest BCUT2D eigenvalue weighted by Crippen LogP contribution is 2.60. The zero-order valence-corrected chi connectivity index (χ0v) is 30.8. The van der Waals surface area contributed by atoms with Crippen LogP contribution >= 0.6 is 0 Å². The van der Waals surface area contributed by atoms with E-state index < -0.39 is 31.6 Å². The summed E-state index contributed by atoms with van der Waals surface area (Å²) in [5, 5.41) is 12.7. The molecular weight excluding hydrogens is 680 g/mol. The van der Waals surface area contributed by atoms with Crippen molar-refractivity contribution in [2.75, 3.05) is 36.2 Å². The van der Waals surface area contributed by atoms with Crippen LogP contribution in [0.4, 0.5) is 21.2 Å². The summed E-state index contributed by atoms with van der Waals surface area (Å²) in [5.74, 6) is -0.979. The molecule has 4 aromatic carbocycles. The number of anilines is 3. The van der Waals surface area contributed by atoms with E-state index in [2.05, 4.69) is 5.32 Å². The molecule has 4 aromatic rings. The molecule has 2 aliphatic heterocycles. The molecule has 4 N–H and O–H groups in total. The van der Waals surface area contributed by atoms with Crippen LogP contribution in [-0.4, -0.2) is 62.5 Å². The molecule has 1 spiro atoms. The number of amides is 3. The monoisotopic (exact) mass is 724 g/mol. The first kappa shape index (κ1) is 36.7. The number of carbonyl (C=O) groups is 3. The Bertz CT molecular complexity index is 1920. The summed E-state index contributed by atoms with van der Waals surface area (Å²) in [5.41, 5.74) is 8.03. The maximum Gasteiger partial charge on any atom is 0.264 e. The second kappa shape index (κ2) is 14.9. The minimum absolute atomic E-state index is 0.110. The molecule has 2 heterocycles. The van der Waals surface area contributed by atoms with Crippen LogP contribution in [0, 0.1) is 5.92 Å². The molecule has 0 unspecified atom stereocenters. The number of carbonyl (C=O) groups excluding carboxylic acids is 3. The van der Waals surface area contributed by atoms with Crippen LogP contribution < -0.4 is 20.7 Å². The number of nitrogens with two attached hydrogens (primary N) is 1. The van der Waals surface area contributed by atoms with Crippen molar-refractivity contribution in [3.8, 4) is 5.75 Å². The van der Waals surface area contributed by atoms with Gasteiger partial charge >= 0.3 is 0 Å². The number of aliphatic hydroxyl groups is 1. The fraction of sp³-hybridized carbons (Fsp3) is 0.325. The number of fused-ring (bicyclic) bond motifs is 2. The molecule has 4 atom stereocenters. The number of nitrogens with one attached hydrogen (secondary N) is 1. The highest BCUT2D eigenvalue weighted by Gasteiger charge is 2.67. The van der Waals surface area contributed by atoms with E-state index in [1.54, 1.807) is 78.5 Å². The Morgan fingerprint density at radius 3 is 2.35 bits per heavy atom. The van der Waals surface area contributed by atoms with Gasteiger partial charge in [0.05, 0.1) is 38.5 Å². The molecule has 1 saturated heterocycles. The van der Waals surface area contributed by atoms with Gasteiger partial charge in [0.1, 0.15) is 5.75 Å². The third-order valence-electron chi connectivity index (χ3n) is 10.2. The van der Waals surface area contributed by atoms with E-state index in [4.69, 9.17) is 15.2 Å². The van der Waals surface area contributed by atoms with Crippen LogP contribution in [0.25, 0.3) is 0 Å². The summed E-state index contributed by atoms with van der Waals surface area (Å²) in [4.78, 5) is 44.7. The van der Waals surface area contributed by atoms with Gasteiger partial charge in [0.25, 0.3) is 11.8 Å². The van der Waals surface area contributed by atoms with Gasteiger partial charge in [0.15, 0.2) is 5.60 Å². The van der Waals surface area contributed by atoms with Gasteiger partial charge in [-0.25, -0.2) is 0 Å². The Hall–Kier alpha value is -5.04. The molecule has 12 heteroatoms. The number of hydrogen-bond acceptors (Lipinski definition) is 7. The Labute approximate surface area is 304 Å². The number of halogens is 1. The van der Waals surface area contributed by atoms with Crippen molar-refractivity contribution in [1.29, 1.82) is 0 Å². The van der Waals surface area contributed by atoms with Crippen molar-refractivity contribution in [3.05, 3.63) is 119 Å². The molecule has 0 aromatic heterocycles. The Balaban J connectivity index is 1.28. The van der Waals surface area contributed by atoms with E-state index in [1.807, 2.05) is 55.5 Å². The molecule has 52 heavy (non-hydrogen) atoms. The minimum Gasteiger partial charge on any atom is -0.497 e. The second-order valence-electron chi connectivity index (χ2n) is 14.0. The van der Waals surface area contributed by atoms with Crippen LogP contribution in [-0.2, 0) is 33.0 Å². The van der Waals surface area contributed by atoms with Crippen molar-refractivity contribution in [1.82, 2.24) is 4.90 Å². The van der Waals surface area contributed by atoms with Gasteiger partial charge in [-0.3, -0.25) is 14.4 Å². The maximum absolute atomic E-state index is 16.4. The SMILES string of the molecule is COc1ccc2c(c1)[C@]1(O[C@@H](CC(=O)N(CCO)Cc3ccccc3)[C@H]([Si](C)(C)F)[C@H]1C)C(=O)N2Cc1ccc(NC(=O)c2ccc(N)cc2)cc1. The molecule has 10 nitrogen and oxygen atoms in total. The lowest BCUT2D eigenvalue weighted by Gasteiger charge is -2.31. The fourth-order valence-corrected chi connectivity index (χ4v) is 10.2. The maximum atomic E-state index is 16.4. The average Bonchev–Trinajstić information content (AvgIpc) is 3.55. The number of hydrogen-bond donors (Lipinski definition) is 3. The molecule has 272 valence electrons. The van der Waals surface area contributed by atoms with Gasteiger partial charge < -0.3 is 39.5 Å². The van der Waals surface area contributed by atoms with Gasteiger partial charge in [-0.05, 0) is 78.8 Å². The molecule has 2 aliphatic rings. The Morgan fingerprint density at radius 1 is 1.02 bits per heavy atom. The van der Waals surface area contributed by atoms with E-state index in [9.17, 15) is 19.5 Å². The highest BCUT2D eigenvalue weighted by molar-refractivity contribution is 6.72. The van der Waals surface area contributed by atoms with Gasteiger partial charge in [-0.2, -0.15) is 0 Å². The van der Waals surface area contributed by atoms with Crippen molar-refractivity contribution in [3.63, 3.8) is 0 Å². The third kappa shape index (κ3) is 7.18. The first-order valence-corrected chi connectivity index (χ1v) is 20.4. The standard InChI is InChI=1S/C40H45FN4O6Si/c1-26-37(52(3,4)41)35(23-36(47)44(20-21-46)24-27-8-6-5-7-9-27)51-40(26)33-22-32(50-2)18-19-34(33)45(39(40)49)25-28-10-16-31(17-11-28)43-38(48)29-12-14-30(42)15-13-29/h5-19,22,26,35,37,46H,20-21,23-25,42H2,1-4H3,(H,43,48)/t26-,35+,37-,40+/m1/s1. The molecule has 3 amide bonds. The van der Waals surface area contributed by atoms with Gasteiger partial charge in [-0.1, -0.05) is 49.4 Å². The summed E-state index contributed by atoms with van der Waals surface area (Å²) in [6, 6.07) is 28.7. The van der Waals surface area contributed by atoms with Crippen molar-refractivity contribution >= 4 is 43.2 Å². The number of methoxy groups -OCH3 is 1. The van der Waals surface area contributed by atoms with Crippen LogP contribution in [0.3, 0.4) is 0 Å². The van der Waals surface area contributed by atoms with E-state index in [0.29, 0.717) is 33.9 Å². The number of nitrogens with zero attached hydrogens (tertiary/aromatic N) is 2. The highest BCUT2D eigenvalue weighted by atomic mass is 28.4. The molecule has 6 rings (SSSR count). The zero-order valence-electron chi connectivity index (χ0n) is 29.8. The van der Waals surface area contributed by atoms with Crippen molar-refractivity contribution in [2.24, 2.45) is 5.92 Å². The van der Waals surface area contributed by atoms with E-state index in [1.165, 1.54) is 0 Å². The van der Waals surface area contributed by atoms with Crippen LogP contribution in [0.5, 0.6) is 5.75 Å². The average molecular weight is 725 g/mol. The third-order valence-corrected chi connectivity index (χ3v) is 12.7. The van der Waals surface area contributed by atoms with Gasteiger partial charge in [0, 0.05) is 47.1 Å². The Morgan fingerprint density at radius 2 is 1.71 bits per heavy atom. The van der Waals surface area contributed by atoms with E-state index >= 15 is 4.11 Å². The lowest BCUT2D eigenvalue weighted by molar-refractivity contribution is -0.150.